The lowest BCUT2D eigenvalue weighted by molar-refractivity contribution is -0.185. The lowest BCUT2D eigenvalue weighted by Crippen LogP contribution is -2.56. The largest absolute Gasteiger partial charge is 0.452 e. The standard InChI is InChI=1S/C27H24O7/c1-18-23(33-26(29)20-13-7-3-8-14-20)24(34-27(30)21-15-9-4-10-16-21)22(17-31-18)32-25(28)19-11-5-2-6-12-19/h2-16,18,22-24H,17H2,1H3/t18?,22-,23-,24+/m0/s1. The summed E-state index contributed by atoms with van der Waals surface area (Å²) in [6, 6.07) is 25.3. The number of ether oxygens (including phenoxy) is 4. The molecule has 0 aliphatic carbocycles. The molecule has 0 amide bonds. The van der Waals surface area contributed by atoms with E-state index in [0.717, 1.165) is 0 Å². The highest BCUT2D eigenvalue weighted by Gasteiger charge is 2.46. The Morgan fingerprint density at radius 1 is 0.618 bits per heavy atom. The van der Waals surface area contributed by atoms with Crippen molar-refractivity contribution in [3.05, 3.63) is 108 Å². The van der Waals surface area contributed by atoms with Gasteiger partial charge in [0.2, 0.25) is 0 Å². The number of hydrogen-bond donors (Lipinski definition) is 0. The summed E-state index contributed by atoms with van der Waals surface area (Å²) in [5.74, 6) is -1.82. The van der Waals surface area contributed by atoms with Crippen LogP contribution in [0.15, 0.2) is 91.0 Å². The van der Waals surface area contributed by atoms with Gasteiger partial charge in [-0.05, 0) is 43.3 Å². The fraction of sp³-hybridized carbons (Fsp3) is 0.222. The first kappa shape index (κ1) is 23.2. The molecule has 3 aromatic rings. The molecule has 1 unspecified atom stereocenters. The first-order valence-electron chi connectivity index (χ1n) is 10.9. The Labute approximate surface area is 197 Å². The van der Waals surface area contributed by atoms with Crippen LogP contribution in [0, 0.1) is 0 Å². The molecule has 1 aliphatic heterocycles. The van der Waals surface area contributed by atoms with Crippen molar-refractivity contribution in [3.8, 4) is 0 Å². The van der Waals surface area contributed by atoms with E-state index in [9.17, 15) is 14.4 Å². The Balaban J connectivity index is 1.59. The Hall–Kier alpha value is -3.97. The van der Waals surface area contributed by atoms with E-state index in [2.05, 4.69) is 0 Å². The minimum absolute atomic E-state index is 0.0220. The average molecular weight is 460 g/mol. The van der Waals surface area contributed by atoms with Gasteiger partial charge in [0.25, 0.3) is 0 Å². The summed E-state index contributed by atoms with van der Waals surface area (Å²) in [7, 11) is 0. The Morgan fingerprint density at radius 3 is 1.44 bits per heavy atom. The summed E-state index contributed by atoms with van der Waals surface area (Å²) in [6.45, 7) is 1.69. The highest BCUT2D eigenvalue weighted by molar-refractivity contribution is 5.91. The molecule has 174 valence electrons. The molecule has 1 saturated heterocycles. The van der Waals surface area contributed by atoms with Crippen LogP contribution >= 0.6 is 0 Å². The molecule has 7 heteroatoms. The van der Waals surface area contributed by atoms with Gasteiger partial charge < -0.3 is 18.9 Å². The van der Waals surface area contributed by atoms with Crippen molar-refractivity contribution in [1.82, 2.24) is 0 Å². The topological polar surface area (TPSA) is 88.1 Å². The number of benzene rings is 3. The van der Waals surface area contributed by atoms with E-state index in [1.807, 2.05) is 0 Å². The highest BCUT2D eigenvalue weighted by Crippen LogP contribution is 2.26. The van der Waals surface area contributed by atoms with Gasteiger partial charge in [0.15, 0.2) is 18.3 Å². The second-order valence-corrected chi connectivity index (χ2v) is 7.82. The molecule has 0 radical (unpaired) electrons. The van der Waals surface area contributed by atoms with Crippen LogP contribution in [0.5, 0.6) is 0 Å². The molecule has 7 nitrogen and oxygen atoms in total. The smallest absolute Gasteiger partial charge is 0.338 e. The summed E-state index contributed by atoms with van der Waals surface area (Å²) in [5, 5.41) is 0. The van der Waals surface area contributed by atoms with Crippen LogP contribution in [0.1, 0.15) is 38.0 Å². The van der Waals surface area contributed by atoms with E-state index >= 15 is 0 Å². The second kappa shape index (κ2) is 10.8. The number of hydrogen-bond acceptors (Lipinski definition) is 7. The summed E-state index contributed by atoms with van der Waals surface area (Å²) in [5.41, 5.74) is 1.00. The number of esters is 3. The van der Waals surface area contributed by atoms with Gasteiger partial charge in [-0.3, -0.25) is 0 Å². The van der Waals surface area contributed by atoms with Crippen molar-refractivity contribution >= 4 is 17.9 Å². The second-order valence-electron chi connectivity index (χ2n) is 7.82. The highest BCUT2D eigenvalue weighted by atomic mass is 16.6. The van der Waals surface area contributed by atoms with Gasteiger partial charge in [0.1, 0.15) is 0 Å². The zero-order valence-electron chi connectivity index (χ0n) is 18.5. The van der Waals surface area contributed by atoms with Crippen molar-refractivity contribution in [2.75, 3.05) is 6.61 Å². The Bertz CT molecular complexity index is 1120. The van der Waals surface area contributed by atoms with Gasteiger partial charge in [0.05, 0.1) is 29.4 Å². The van der Waals surface area contributed by atoms with Crippen LogP contribution in [0.2, 0.25) is 0 Å². The van der Waals surface area contributed by atoms with Gasteiger partial charge in [-0.1, -0.05) is 54.6 Å². The van der Waals surface area contributed by atoms with E-state index < -0.39 is 42.3 Å². The van der Waals surface area contributed by atoms with Crippen LogP contribution in [-0.4, -0.2) is 48.9 Å². The van der Waals surface area contributed by atoms with Crippen molar-refractivity contribution in [3.63, 3.8) is 0 Å². The van der Waals surface area contributed by atoms with E-state index in [4.69, 9.17) is 18.9 Å². The fourth-order valence-electron chi connectivity index (χ4n) is 3.63. The van der Waals surface area contributed by atoms with Crippen LogP contribution in [0.3, 0.4) is 0 Å². The molecular weight excluding hydrogens is 436 g/mol. The third-order valence-electron chi connectivity index (χ3n) is 5.45. The molecule has 0 saturated carbocycles. The fourth-order valence-corrected chi connectivity index (χ4v) is 3.63. The SMILES string of the molecule is CC1OC[C@H](OC(=O)c2ccccc2)[C@@H](OC(=O)c2ccccc2)[C@H]1OC(=O)c1ccccc1. The van der Waals surface area contributed by atoms with E-state index in [-0.39, 0.29) is 6.61 Å². The number of rotatable bonds is 6. The van der Waals surface area contributed by atoms with Crippen LogP contribution < -0.4 is 0 Å². The van der Waals surface area contributed by atoms with Crippen molar-refractivity contribution in [2.24, 2.45) is 0 Å². The summed E-state index contributed by atoms with van der Waals surface area (Å²) >= 11 is 0. The third-order valence-corrected chi connectivity index (χ3v) is 5.45. The first-order valence-corrected chi connectivity index (χ1v) is 10.9. The lowest BCUT2D eigenvalue weighted by Gasteiger charge is -2.39. The molecule has 4 rings (SSSR count). The minimum atomic E-state index is -1.07. The number of carbonyl (C=O) groups excluding carboxylic acids is 3. The number of carbonyl (C=O) groups is 3. The summed E-state index contributed by atoms with van der Waals surface area (Å²) in [6.07, 6.45) is -3.66. The monoisotopic (exact) mass is 460 g/mol. The zero-order valence-corrected chi connectivity index (χ0v) is 18.5. The van der Waals surface area contributed by atoms with Gasteiger partial charge >= 0.3 is 17.9 Å². The van der Waals surface area contributed by atoms with Gasteiger partial charge in [0, 0.05) is 0 Å². The Kier molecular flexibility index (Phi) is 7.34. The molecule has 0 aromatic heterocycles. The zero-order chi connectivity index (χ0) is 23.9. The minimum Gasteiger partial charge on any atom is -0.452 e. The summed E-state index contributed by atoms with van der Waals surface area (Å²) < 4.78 is 22.9. The normalized spacial score (nSPS) is 21.8. The molecule has 3 aromatic carbocycles. The Morgan fingerprint density at radius 2 is 1.00 bits per heavy atom. The molecular formula is C27H24O7. The maximum absolute atomic E-state index is 12.9. The molecule has 0 spiro atoms. The van der Waals surface area contributed by atoms with Crippen LogP contribution in [0.25, 0.3) is 0 Å². The maximum atomic E-state index is 12.9. The van der Waals surface area contributed by atoms with Gasteiger partial charge in [-0.25, -0.2) is 14.4 Å². The molecule has 4 atom stereocenters. The molecule has 0 N–H and O–H groups in total. The predicted octanol–water partition coefficient (Wildman–Crippen LogP) is 4.08. The quantitative estimate of drug-likeness (QED) is 0.405. The van der Waals surface area contributed by atoms with Gasteiger partial charge in [-0.15, -0.1) is 0 Å². The first-order chi connectivity index (χ1) is 16.5. The lowest BCUT2D eigenvalue weighted by atomic mass is 9.99. The van der Waals surface area contributed by atoms with E-state index in [1.54, 1.807) is 97.9 Å². The average Bonchev–Trinajstić information content (AvgIpc) is 2.89. The molecule has 0 bridgehead atoms. The van der Waals surface area contributed by atoms with E-state index in [0.29, 0.717) is 16.7 Å². The van der Waals surface area contributed by atoms with Crippen molar-refractivity contribution in [2.45, 2.75) is 31.3 Å². The summed E-state index contributed by atoms with van der Waals surface area (Å²) in [4.78, 5) is 38.4. The van der Waals surface area contributed by atoms with Gasteiger partial charge in [-0.2, -0.15) is 0 Å². The third kappa shape index (κ3) is 5.50. The maximum Gasteiger partial charge on any atom is 0.338 e. The van der Waals surface area contributed by atoms with Crippen LogP contribution in [0.4, 0.5) is 0 Å². The molecule has 34 heavy (non-hydrogen) atoms. The van der Waals surface area contributed by atoms with Crippen molar-refractivity contribution < 1.29 is 33.3 Å². The van der Waals surface area contributed by atoms with Crippen LogP contribution in [-0.2, 0) is 18.9 Å². The molecule has 1 fully saturated rings. The predicted molar refractivity (Wildman–Crippen MR) is 122 cm³/mol. The van der Waals surface area contributed by atoms with E-state index in [1.165, 1.54) is 0 Å². The van der Waals surface area contributed by atoms with Crippen molar-refractivity contribution in [1.29, 1.82) is 0 Å². The molecule has 1 heterocycles. The molecule has 1 aliphatic rings.